The first kappa shape index (κ1) is 23.5. The summed E-state index contributed by atoms with van der Waals surface area (Å²) in [6.07, 6.45) is 1.71. The van der Waals surface area contributed by atoms with Crippen molar-refractivity contribution in [3.05, 3.63) is 60.7 Å². The molecule has 34 heavy (non-hydrogen) atoms. The molecule has 2 aromatic carbocycles. The second-order valence-electron chi connectivity index (χ2n) is 8.68. The highest BCUT2D eigenvalue weighted by molar-refractivity contribution is 5.94. The molecule has 3 aromatic rings. The van der Waals surface area contributed by atoms with Crippen molar-refractivity contribution in [2.45, 2.75) is 39.7 Å². The Bertz CT molecular complexity index is 1080. The van der Waals surface area contributed by atoms with E-state index in [-0.39, 0.29) is 5.91 Å². The van der Waals surface area contributed by atoms with Crippen LogP contribution in [0, 0.1) is 5.92 Å². The molecule has 178 valence electrons. The first-order valence-electron chi connectivity index (χ1n) is 11.9. The Hall–Kier alpha value is -3.61. The van der Waals surface area contributed by atoms with Crippen LogP contribution in [0.5, 0.6) is 11.5 Å². The van der Waals surface area contributed by atoms with Crippen LogP contribution in [0.2, 0.25) is 0 Å². The monoisotopic (exact) mass is 460 g/mol. The lowest BCUT2D eigenvalue weighted by Gasteiger charge is -2.30. The molecule has 4 rings (SSSR count). The summed E-state index contributed by atoms with van der Waals surface area (Å²) in [5.74, 6) is 2.84. The number of hydrogen-bond acceptors (Lipinski definition) is 6. The molecule has 1 saturated heterocycles. The number of hydrogen-bond donors (Lipinski definition) is 1. The van der Waals surface area contributed by atoms with Crippen LogP contribution in [-0.4, -0.2) is 41.9 Å². The molecule has 7 heteroatoms. The number of ether oxygens (including phenoxy) is 2. The van der Waals surface area contributed by atoms with Crippen LogP contribution in [-0.2, 0) is 4.79 Å². The van der Waals surface area contributed by atoms with Crippen molar-refractivity contribution < 1.29 is 14.3 Å². The average Bonchev–Trinajstić information content (AvgIpc) is 2.86. The Morgan fingerprint density at radius 1 is 1.06 bits per heavy atom. The highest BCUT2D eigenvalue weighted by Crippen LogP contribution is 2.25. The van der Waals surface area contributed by atoms with Crippen LogP contribution in [0.1, 0.15) is 33.6 Å². The van der Waals surface area contributed by atoms with Crippen LogP contribution >= 0.6 is 0 Å². The van der Waals surface area contributed by atoms with E-state index in [9.17, 15) is 4.79 Å². The molecular weight excluding hydrogens is 428 g/mol. The van der Waals surface area contributed by atoms with Gasteiger partial charge in [0.15, 0.2) is 11.9 Å². The maximum Gasteiger partial charge on any atom is 0.265 e. The van der Waals surface area contributed by atoms with E-state index in [0.717, 1.165) is 41.8 Å². The number of aromatic nitrogens is 2. The third-order valence-electron chi connectivity index (χ3n) is 6.00. The fraction of sp³-hybridized carbons (Fsp3) is 0.370. The van der Waals surface area contributed by atoms with E-state index in [4.69, 9.17) is 9.47 Å². The molecule has 0 bridgehead atoms. The van der Waals surface area contributed by atoms with Gasteiger partial charge in [0.25, 0.3) is 5.91 Å². The standard InChI is InChI=1S/C27H32N4O3/c1-4-33-23-8-10-24(11-9-23)34-20(3)27(32)28-22-7-5-6-21(18-22)25-12-13-26(30-29-25)31-16-14-19(2)15-17-31/h5-13,18-20H,4,14-17H2,1-3H3,(H,28,32). The number of nitrogens with zero attached hydrogens (tertiary/aromatic N) is 3. The quantitative estimate of drug-likeness (QED) is 0.499. The van der Waals surface area contributed by atoms with E-state index in [1.807, 2.05) is 55.5 Å². The van der Waals surface area contributed by atoms with Gasteiger partial charge in [-0.25, -0.2) is 0 Å². The van der Waals surface area contributed by atoms with Gasteiger partial charge >= 0.3 is 0 Å². The lowest BCUT2D eigenvalue weighted by molar-refractivity contribution is -0.122. The Labute approximate surface area is 201 Å². The fourth-order valence-corrected chi connectivity index (χ4v) is 3.92. The summed E-state index contributed by atoms with van der Waals surface area (Å²) in [7, 11) is 0. The van der Waals surface area contributed by atoms with E-state index in [1.165, 1.54) is 12.8 Å². The minimum atomic E-state index is -0.659. The molecule has 1 fully saturated rings. The number of benzene rings is 2. The maximum atomic E-state index is 12.7. The first-order valence-corrected chi connectivity index (χ1v) is 11.9. The molecule has 1 atom stereocenters. The van der Waals surface area contributed by atoms with Crippen LogP contribution in [0.3, 0.4) is 0 Å². The molecule has 0 aliphatic carbocycles. The van der Waals surface area contributed by atoms with Crippen molar-refractivity contribution in [1.82, 2.24) is 10.2 Å². The number of amides is 1. The third kappa shape index (κ3) is 6.04. The van der Waals surface area contributed by atoms with Crippen LogP contribution in [0.15, 0.2) is 60.7 Å². The van der Waals surface area contributed by atoms with E-state index in [1.54, 1.807) is 19.1 Å². The normalized spacial score (nSPS) is 15.0. The molecule has 1 unspecified atom stereocenters. The van der Waals surface area contributed by atoms with Gasteiger partial charge in [-0.3, -0.25) is 4.79 Å². The maximum absolute atomic E-state index is 12.7. The molecule has 1 N–H and O–H groups in total. The van der Waals surface area contributed by atoms with Crippen LogP contribution in [0.25, 0.3) is 11.3 Å². The summed E-state index contributed by atoms with van der Waals surface area (Å²) in [6, 6.07) is 18.8. The molecule has 0 spiro atoms. The highest BCUT2D eigenvalue weighted by Gasteiger charge is 2.18. The number of carbonyl (C=O) groups excluding carboxylic acids is 1. The largest absolute Gasteiger partial charge is 0.494 e. The van der Waals surface area contributed by atoms with Gasteiger partial charge in [0.2, 0.25) is 0 Å². The van der Waals surface area contributed by atoms with Gasteiger partial charge in [0, 0.05) is 24.3 Å². The number of anilines is 2. The minimum Gasteiger partial charge on any atom is -0.494 e. The molecule has 1 aromatic heterocycles. The van der Waals surface area contributed by atoms with Gasteiger partial charge in [-0.1, -0.05) is 19.1 Å². The van der Waals surface area contributed by atoms with Gasteiger partial charge < -0.3 is 19.7 Å². The number of carbonyl (C=O) groups is 1. The van der Waals surface area contributed by atoms with Crippen LogP contribution < -0.4 is 19.7 Å². The van der Waals surface area contributed by atoms with Crippen molar-refractivity contribution in [3.8, 4) is 22.8 Å². The van der Waals surface area contributed by atoms with Gasteiger partial charge in [0.1, 0.15) is 11.5 Å². The lowest BCUT2D eigenvalue weighted by Crippen LogP contribution is -2.33. The Kier molecular flexibility index (Phi) is 7.62. The molecule has 1 aliphatic heterocycles. The van der Waals surface area contributed by atoms with E-state index >= 15 is 0 Å². The van der Waals surface area contributed by atoms with E-state index < -0.39 is 6.10 Å². The Morgan fingerprint density at radius 3 is 2.47 bits per heavy atom. The summed E-state index contributed by atoms with van der Waals surface area (Å²) in [6.45, 7) is 8.60. The molecule has 7 nitrogen and oxygen atoms in total. The number of rotatable bonds is 8. The topological polar surface area (TPSA) is 76.6 Å². The van der Waals surface area contributed by atoms with E-state index in [2.05, 4.69) is 27.3 Å². The Morgan fingerprint density at radius 2 is 1.79 bits per heavy atom. The van der Waals surface area contributed by atoms with E-state index in [0.29, 0.717) is 18.0 Å². The zero-order valence-electron chi connectivity index (χ0n) is 20.0. The first-order chi connectivity index (χ1) is 16.5. The number of piperidine rings is 1. The second kappa shape index (κ2) is 11.0. The highest BCUT2D eigenvalue weighted by atomic mass is 16.5. The fourth-order valence-electron chi connectivity index (χ4n) is 3.92. The Balaban J connectivity index is 1.36. The molecule has 1 aliphatic rings. The summed E-state index contributed by atoms with van der Waals surface area (Å²) < 4.78 is 11.2. The van der Waals surface area contributed by atoms with Crippen molar-refractivity contribution in [2.75, 3.05) is 29.9 Å². The van der Waals surface area contributed by atoms with Crippen molar-refractivity contribution in [1.29, 1.82) is 0 Å². The summed E-state index contributed by atoms with van der Waals surface area (Å²) >= 11 is 0. The predicted octanol–water partition coefficient (Wildman–Crippen LogP) is 5.18. The van der Waals surface area contributed by atoms with Gasteiger partial charge in [0.05, 0.1) is 12.3 Å². The van der Waals surface area contributed by atoms with Gasteiger partial charge in [-0.15, -0.1) is 10.2 Å². The van der Waals surface area contributed by atoms with Crippen molar-refractivity contribution >= 4 is 17.4 Å². The van der Waals surface area contributed by atoms with Crippen molar-refractivity contribution in [2.24, 2.45) is 5.92 Å². The SMILES string of the molecule is CCOc1ccc(OC(C)C(=O)Nc2cccc(-c3ccc(N4CCC(C)CC4)nn3)c2)cc1. The minimum absolute atomic E-state index is 0.230. The smallest absolute Gasteiger partial charge is 0.265 e. The number of nitrogens with one attached hydrogen (secondary N) is 1. The predicted molar refractivity (Wildman–Crippen MR) is 134 cm³/mol. The zero-order chi connectivity index (χ0) is 23.9. The summed E-state index contributed by atoms with van der Waals surface area (Å²) in [4.78, 5) is 15.0. The average molecular weight is 461 g/mol. The van der Waals surface area contributed by atoms with Gasteiger partial charge in [-0.05, 0) is 81.1 Å². The second-order valence-corrected chi connectivity index (χ2v) is 8.68. The summed E-state index contributed by atoms with van der Waals surface area (Å²) in [5, 5.41) is 11.8. The van der Waals surface area contributed by atoms with Crippen molar-refractivity contribution in [3.63, 3.8) is 0 Å². The third-order valence-corrected chi connectivity index (χ3v) is 6.00. The van der Waals surface area contributed by atoms with Crippen LogP contribution in [0.4, 0.5) is 11.5 Å². The molecule has 2 heterocycles. The molecular formula is C27H32N4O3. The summed E-state index contributed by atoms with van der Waals surface area (Å²) in [5.41, 5.74) is 2.34. The zero-order valence-corrected chi connectivity index (χ0v) is 20.0. The molecule has 1 amide bonds. The molecule has 0 saturated carbocycles. The molecule has 0 radical (unpaired) electrons. The van der Waals surface area contributed by atoms with Gasteiger partial charge in [-0.2, -0.15) is 0 Å². The lowest BCUT2D eigenvalue weighted by atomic mass is 9.99.